The van der Waals surface area contributed by atoms with Crippen LogP contribution < -0.4 is 0 Å². The molecule has 1 N–H and O–H groups in total. The molecule has 17 heavy (non-hydrogen) atoms. The summed E-state index contributed by atoms with van der Waals surface area (Å²) >= 11 is 0. The van der Waals surface area contributed by atoms with Gasteiger partial charge in [-0.3, -0.25) is 4.90 Å². The topological polar surface area (TPSA) is 53.4 Å². The van der Waals surface area contributed by atoms with Crippen LogP contribution in [-0.2, 0) is 6.54 Å². The van der Waals surface area contributed by atoms with Crippen LogP contribution in [0.4, 0.5) is 0 Å². The summed E-state index contributed by atoms with van der Waals surface area (Å²) in [5.41, 5.74) is 1.36. The molecule has 1 aliphatic rings. The van der Waals surface area contributed by atoms with E-state index >= 15 is 0 Å². The lowest BCUT2D eigenvalue weighted by molar-refractivity contribution is 0.0690. The second kappa shape index (κ2) is 4.45. The summed E-state index contributed by atoms with van der Waals surface area (Å²) in [5.74, 6) is -0.965. The van der Waals surface area contributed by atoms with E-state index in [0.29, 0.717) is 0 Å². The van der Waals surface area contributed by atoms with Crippen LogP contribution in [0.5, 0.6) is 0 Å². The van der Waals surface area contributed by atoms with Crippen molar-refractivity contribution >= 4 is 5.97 Å². The SMILES string of the molecule is CC1(C)CCCN1Cc1ccnc(C(=O)O)c1. The Balaban J connectivity index is 2.13. The van der Waals surface area contributed by atoms with Crippen molar-refractivity contribution in [2.24, 2.45) is 0 Å². The van der Waals surface area contributed by atoms with E-state index in [1.807, 2.05) is 6.07 Å². The molecular weight excluding hydrogens is 216 g/mol. The van der Waals surface area contributed by atoms with Crippen LogP contribution in [0.15, 0.2) is 18.3 Å². The highest BCUT2D eigenvalue weighted by atomic mass is 16.4. The number of carboxylic acids is 1. The summed E-state index contributed by atoms with van der Waals surface area (Å²) in [6, 6.07) is 3.55. The summed E-state index contributed by atoms with van der Waals surface area (Å²) in [5, 5.41) is 8.90. The van der Waals surface area contributed by atoms with Gasteiger partial charge in [0.1, 0.15) is 5.69 Å². The van der Waals surface area contributed by atoms with E-state index in [0.717, 1.165) is 18.7 Å². The summed E-state index contributed by atoms with van der Waals surface area (Å²) in [6.07, 6.45) is 3.98. The number of hydrogen-bond donors (Lipinski definition) is 1. The molecule has 4 nitrogen and oxygen atoms in total. The number of nitrogens with zero attached hydrogens (tertiary/aromatic N) is 2. The van der Waals surface area contributed by atoms with Crippen molar-refractivity contribution < 1.29 is 9.90 Å². The molecule has 2 rings (SSSR count). The van der Waals surface area contributed by atoms with Crippen molar-refractivity contribution in [1.82, 2.24) is 9.88 Å². The van der Waals surface area contributed by atoms with Gasteiger partial charge in [-0.1, -0.05) is 0 Å². The number of carboxylic acid groups (broad SMARTS) is 1. The molecule has 0 amide bonds. The molecule has 1 aromatic rings. The van der Waals surface area contributed by atoms with Crippen molar-refractivity contribution in [3.05, 3.63) is 29.6 Å². The van der Waals surface area contributed by atoms with E-state index in [2.05, 4.69) is 23.7 Å². The zero-order chi connectivity index (χ0) is 12.5. The van der Waals surface area contributed by atoms with E-state index in [9.17, 15) is 4.79 Å². The van der Waals surface area contributed by atoms with E-state index in [4.69, 9.17) is 5.11 Å². The zero-order valence-electron chi connectivity index (χ0n) is 10.3. The molecule has 0 spiro atoms. The Morgan fingerprint density at radius 2 is 2.35 bits per heavy atom. The smallest absolute Gasteiger partial charge is 0.354 e. The minimum absolute atomic E-state index is 0.125. The highest BCUT2D eigenvalue weighted by Gasteiger charge is 2.31. The minimum Gasteiger partial charge on any atom is -0.477 e. The second-order valence-electron chi connectivity index (χ2n) is 5.19. The minimum atomic E-state index is -0.965. The Labute approximate surface area is 101 Å². The summed E-state index contributed by atoms with van der Waals surface area (Å²) in [6.45, 7) is 6.35. The summed E-state index contributed by atoms with van der Waals surface area (Å²) in [7, 11) is 0. The summed E-state index contributed by atoms with van der Waals surface area (Å²) in [4.78, 5) is 17.1. The average Bonchev–Trinajstić information content (AvgIpc) is 2.59. The fourth-order valence-electron chi connectivity index (χ4n) is 2.37. The number of pyridine rings is 1. The van der Waals surface area contributed by atoms with Crippen molar-refractivity contribution in [3.8, 4) is 0 Å². The molecule has 0 bridgehead atoms. The van der Waals surface area contributed by atoms with Gasteiger partial charge in [-0.2, -0.15) is 0 Å². The highest BCUT2D eigenvalue weighted by molar-refractivity contribution is 5.85. The first-order valence-electron chi connectivity index (χ1n) is 5.92. The normalized spacial score (nSPS) is 19.4. The van der Waals surface area contributed by atoms with Gasteiger partial charge in [0, 0.05) is 18.3 Å². The zero-order valence-corrected chi connectivity index (χ0v) is 10.3. The molecule has 1 saturated heterocycles. The molecule has 0 radical (unpaired) electrons. The maximum absolute atomic E-state index is 10.8. The number of likely N-dealkylation sites (tertiary alicyclic amines) is 1. The van der Waals surface area contributed by atoms with Gasteiger partial charge in [0.2, 0.25) is 0 Å². The number of hydrogen-bond acceptors (Lipinski definition) is 3. The molecule has 2 heterocycles. The molecule has 0 atom stereocenters. The van der Waals surface area contributed by atoms with Gasteiger partial charge < -0.3 is 5.11 Å². The molecular formula is C13H18N2O2. The molecule has 1 aliphatic heterocycles. The number of aromatic carboxylic acids is 1. The van der Waals surface area contributed by atoms with Crippen molar-refractivity contribution in [1.29, 1.82) is 0 Å². The first-order chi connectivity index (χ1) is 7.99. The fraction of sp³-hybridized carbons (Fsp3) is 0.538. The summed E-state index contributed by atoms with van der Waals surface area (Å²) < 4.78 is 0. The Kier molecular flexibility index (Phi) is 3.15. The van der Waals surface area contributed by atoms with Gasteiger partial charge in [0.05, 0.1) is 0 Å². The van der Waals surface area contributed by atoms with Crippen LogP contribution in [-0.4, -0.2) is 33.0 Å². The van der Waals surface area contributed by atoms with Gasteiger partial charge >= 0.3 is 5.97 Å². The Morgan fingerprint density at radius 3 is 2.94 bits per heavy atom. The van der Waals surface area contributed by atoms with Gasteiger partial charge in [0.25, 0.3) is 0 Å². The van der Waals surface area contributed by atoms with Crippen LogP contribution in [0.2, 0.25) is 0 Å². The fourth-order valence-corrected chi connectivity index (χ4v) is 2.37. The predicted molar refractivity (Wildman–Crippen MR) is 64.9 cm³/mol. The Bertz CT molecular complexity index is 429. The van der Waals surface area contributed by atoms with Crippen LogP contribution in [0.1, 0.15) is 42.7 Å². The van der Waals surface area contributed by atoms with Crippen LogP contribution in [0, 0.1) is 0 Å². The van der Waals surface area contributed by atoms with Crippen molar-refractivity contribution in [2.75, 3.05) is 6.54 Å². The maximum Gasteiger partial charge on any atom is 0.354 e. The monoisotopic (exact) mass is 234 g/mol. The van der Waals surface area contributed by atoms with Gasteiger partial charge in [-0.15, -0.1) is 0 Å². The third-order valence-electron chi connectivity index (χ3n) is 3.49. The quantitative estimate of drug-likeness (QED) is 0.870. The molecule has 1 aromatic heterocycles. The molecule has 0 saturated carbocycles. The second-order valence-corrected chi connectivity index (χ2v) is 5.19. The van der Waals surface area contributed by atoms with Gasteiger partial charge in [0.15, 0.2) is 0 Å². The van der Waals surface area contributed by atoms with E-state index in [-0.39, 0.29) is 11.2 Å². The molecule has 0 unspecified atom stereocenters. The lowest BCUT2D eigenvalue weighted by atomic mass is 10.0. The van der Waals surface area contributed by atoms with Gasteiger partial charge in [-0.05, 0) is 50.9 Å². The van der Waals surface area contributed by atoms with Crippen molar-refractivity contribution in [3.63, 3.8) is 0 Å². The van der Waals surface area contributed by atoms with Gasteiger partial charge in [-0.25, -0.2) is 9.78 Å². The third-order valence-corrected chi connectivity index (χ3v) is 3.49. The Hall–Kier alpha value is -1.42. The molecule has 0 aromatic carbocycles. The standard InChI is InChI=1S/C13H18N2O2/c1-13(2)5-3-7-15(13)9-10-4-6-14-11(8-10)12(16)17/h4,6,8H,3,5,7,9H2,1-2H3,(H,16,17). The largest absolute Gasteiger partial charge is 0.477 e. The Morgan fingerprint density at radius 1 is 1.59 bits per heavy atom. The van der Waals surface area contributed by atoms with Crippen molar-refractivity contribution in [2.45, 2.75) is 38.8 Å². The lowest BCUT2D eigenvalue weighted by Gasteiger charge is -2.31. The molecule has 1 fully saturated rings. The lowest BCUT2D eigenvalue weighted by Crippen LogP contribution is -2.37. The number of rotatable bonds is 3. The third kappa shape index (κ3) is 2.64. The highest BCUT2D eigenvalue weighted by Crippen LogP contribution is 2.29. The molecule has 4 heteroatoms. The molecule has 92 valence electrons. The predicted octanol–water partition coefficient (Wildman–Crippen LogP) is 2.15. The first-order valence-corrected chi connectivity index (χ1v) is 5.92. The number of carbonyl (C=O) groups is 1. The van der Waals surface area contributed by atoms with E-state index < -0.39 is 5.97 Å². The maximum atomic E-state index is 10.8. The molecule has 0 aliphatic carbocycles. The van der Waals surface area contributed by atoms with Crippen LogP contribution >= 0.6 is 0 Å². The number of aromatic nitrogens is 1. The first kappa shape index (κ1) is 12.0. The van der Waals surface area contributed by atoms with E-state index in [1.165, 1.54) is 12.8 Å². The average molecular weight is 234 g/mol. The van der Waals surface area contributed by atoms with Crippen LogP contribution in [0.25, 0.3) is 0 Å². The van der Waals surface area contributed by atoms with E-state index in [1.54, 1.807) is 12.3 Å². The van der Waals surface area contributed by atoms with Crippen LogP contribution in [0.3, 0.4) is 0 Å².